The lowest BCUT2D eigenvalue weighted by molar-refractivity contribution is 0.513. The minimum atomic E-state index is 0.484. The van der Waals surface area contributed by atoms with E-state index in [4.69, 9.17) is 12.2 Å². The molecule has 6 heteroatoms. The van der Waals surface area contributed by atoms with E-state index in [1.54, 1.807) is 6.20 Å². The van der Waals surface area contributed by atoms with E-state index in [-0.39, 0.29) is 0 Å². The van der Waals surface area contributed by atoms with Gasteiger partial charge < -0.3 is 10.3 Å². The van der Waals surface area contributed by atoms with Gasteiger partial charge in [-0.1, -0.05) is 18.6 Å². The normalized spacial score (nSPS) is 19.9. The van der Waals surface area contributed by atoms with Gasteiger partial charge in [-0.05, 0) is 47.7 Å². The maximum Gasteiger partial charge on any atom is 0.177 e. The number of H-pyrrole nitrogens is 1. The number of hydrogen-bond donors (Lipinski definition) is 2. The summed E-state index contributed by atoms with van der Waals surface area (Å²) in [7, 11) is 0. The molecule has 2 N–H and O–H groups in total. The van der Waals surface area contributed by atoms with E-state index in [9.17, 15) is 0 Å². The van der Waals surface area contributed by atoms with Crippen molar-refractivity contribution in [1.29, 1.82) is 0 Å². The fourth-order valence-electron chi connectivity index (χ4n) is 2.62. The topological polar surface area (TPSA) is 53.6 Å². The smallest absolute Gasteiger partial charge is 0.177 e. The van der Waals surface area contributed by atoms with Gasteiger partial charge in [0.1, 0.15) is 5.82 Å². The van der Waals surface area contributed by atoms with Crippen molar-refractivity contribution in [3.05, 3.63) is 22.6 Å². The van der Waals surface area contributed by atoms with E-state index in [0.29, 0.717) is 6.04 Å². The lowest BCUT2D eigenvalue weighted by atomic mass is 10.1. The molecule has 1 aliphatic heterocycles. The van der Waals surface area contributed by atoms with Crippen molar-refractivity contribution in [2.24, 2.45) is 0 Å². The van der Waals surface area contributed by atoms with Crippen molar-refractivity contribution in [3.8, 4) is 0 Å². The van der Waals surface area contributed by atoms with Gasteiger partial charge in [-0.25, -0.2) is 9.97 Å². The number of thiocarbonyl (C=S) groups is 1. The first-order chi connectivity index (χ1) is 9.70. The van der Waals surface area contributed by atoms with Gasteiger partial charge >= 0.3 is 0 Å². The summed E-state index contributed by atoms with van der Waals surface area (Å²) in [5.74, 6) is 1.00. The first kappa shape index (κ1) is 13.9. The zero-order valence-electron chi connectivity index (χ0n) is 11.2. The number of aryl methyl sites for hydroxylation is 1. The molecule has 0 amide bonds. The Hall–Kier alpha value is -1.01. The van der Waals surface area contributed by atoms with Crippen LogP contribution in [-0.2, 0) is 6.42 Å². The molecular formula is C14H17BrN4S. The molecule has 20 heavy (non-hydrogen) atoms. The van der Waals surface area contributed by atoms with E-state index in [1.807, 2.05) is 6.07 Å². The van der Waals surface area contributed by atoms with Crippen LogP contribution in [0.15, 0.2) is 16.7 Å². The van der Waals surface area contributed by atoms with Crippen molar-refractivity contribution in [1.82, 2.24) is 20.3 Å². The van der Waals surface area contributed by atoms with E-state index < -0.39 is 0 Å². The highest BCUT2D eigenvalue weighted by Gasteiger charge is 2.15. The molecule has 3 rings (SSSR count). The van der Waals surface area contributed by atoms with Crippen LogP contribution in [0.25, 0.3) is 11.2 Å². The van der Waals surface area contributed by atoms with Crippen LogP contribution in [0.1, 0.15) is 37.9 Å². The van der Waals surface area contributed by atoms with Crippen LogP contribution >= 0.6 is 28.1 Å². The molecule has 3 heterocycles. The number of pyridine rings is 1. The largest absolute Gasteiger partial charge is 0.377 e. The predicted octanol–water partition coefficient (Wildman–Crippen LogP) is 3.51. The number of fused-ring (bicyclic) bond motifs is 1. The number of halogens is 1. The molecule has 0 radical (unpaired) electrons. The average Bonchev–Trinajstić information content (AvgIpc) is 2.70. The Morgan fingerprint density at radius 1 is 1.40 bits per heavy atom. The summed E-state index contributed by atoms with van der Waals surface area (Å²) >= 11 is 8.74. The molecule has 106 valence electrons. The molecule has 0 aromatic carbocycles. The lowest BCUT2D eigenvalue weighted by Crippen LogP contribution is -2.32. The van der Waals surface area contributed by atoms with Gasteiger partial charge in [0.15, 0.2) is 5.65 Å². The molecule has 0 saturated carbocycles. The van der Waals surface area contributed by atoms with Crippen molar-refractivity contribution in [2.75, 3.05) is 0 Å². The molecule has 1 saturated heterocycles. The molecule has 0 bridgehead atoms. The second-order valence-corrected chi connectivity index (χ2v) is 6.67. The number of aromatic nitrogens is 3. The quantitative estimate of drug-likeness (QED) is 0.830. The van der Waals surface area contributed by atoms with Crippen LogP contribution in [0.5, 0.6) is 0 Å². The zero-order valence-corrected chi connectivity index (χ0v) is 13.6. The van der Waals surface area contributed by atoms with Gasteiger partial charge in [0, 0.05) is 23.1 Å². The first-order valence-corrected chi connectivity index (χ1v) is 8.20. The molecule has 0 unspecified atom stereocenters. The Bertz CT molecular complexity index is 625. The molecule has 2 aromatic rings. The summed E-state index contributed by atoms with van der Waals surface area (Å²) < 4.78 is 0.969. The van der Waals surface area contributed by atoms with Crippen LogP contribution in [0.4, 0.5) is 0 Å². The minimum absolute atomic E-state index is 0.484. The van der Waals surface area contributed by atoms with E-state index in [1.165, 1.54) is 19.3 Å². The predicted molar refractivity (Wildman–Crippen MR) is 87.9 cm³/mol. The monoisotopic (exact) mass is 352 g/mol. The summed E-state index contributed by atoms with van der Waals surface area (Å²) in [5.41, 5.74) is 1.77. The van der Waals surface area contributed by atoms with Gasteiger partial charge in [-0.3, -0.25) is 0 Å². The van der Waals surface area contributed by atoms with Crippen molar-refractivity contribution >= 4 is 44.3 Å². The maximum atomic E-state index is 5.32. The van der Waals surface area contributed by atoms with Gasteiger partial charge in [0.25, 0.3) is 0 Å². The van der Waals surface area contributed by atoms with Crippen molar-refractivity contribution in [2.45, 2.75) is 44.6 Å². The van der Waals surface area contributed by atoms with E-state index in [2.05, 4.69) is 36.2 Å². The standard InChI is InChI=1S/C14H17BrN4S/c15-9-7-11-14(16-8-9)19-12(18-11)6-5-10-3-1-2-4-13(20)17-10/h7-8,10H,1-6H2,(H,17,20)(H,16,18,19)/t10-/m1/s1. The maximum absolute atomic E-state index is 5.32. The summed E-state index contributed by atoms with van der Waals surface area (Å²) in [4.78, 5) is 13.2. The highest BCUT2D eigenvalue weighted by atomic mass is 79.9. The van der Waals surface area contributed by atoms with Gasteiger partial charge in [-0.2, -0.15) is 0 Å². The molecule has 2 aromatic heterocycles. The zero-order chi connectivity index (χ0) is 13.9. The van der Waals surface area contributed by atoms with Crippen LogP contribution < -0.4 is 5.32 Å². The van der Waals surface area contributed by atoms with Crippen LogP contribution in [0.3, 0.4) is 0 Å². The summed E-state index contributed by atoms with van der Waals surface area (Å²) in [5, 5.41) is 3.46. The Labute approximate surface area is 131 Å². The molecule has 4 nitrogen and oxygen atoms in total. The molecule has 0 spiro atoms. The summed E-state index contributed by atoms with van der Waals surface area (Å²) in [6.45, 7) is 0. The first-order valence-electron chi connectivity index (χ1n) is 7.00. The van der Waals surface area contributed by atoms with Crippen LogP contribution in [-0.4, -0.2) is 26.0 Å². The highest BCUT2D eigenvalue weighted by molar-refractivity contribution is 9.10. The summed E-state index contributed by atoms with van der Waals surface area (Å²) in [6, 6.07) is 2.50. The third-order valence-corrected chi connectivity index (χ3v) is 4.41. The Balaban J connectivity index is 1.65. The van der Waals surface area contributed by atoms with E-state index in [0.717, 1.165) is 45.7 Å². The molecule has 1 fully saturated rings. The number of imidazole rings is 1. The molecular weight excluding hydrogens is 336 g/mol. The fraction of sp³-hybridized carbons (Fsp3) is 0.500. The third kappa shape index (κ3) is 3.35. The molecule has 0 aliphatic carbocycles. The number of nitrogens with one attached hydrogen (secondary N) is 2. The second kappa shape index (κ2) is 6.18. The summed E-state index contributed by atoms with van der Waals surface area (Å²) in [6.07, 6.45) is 8.46. The van der Waals surface area contributed by atoms with E-state index >= 15 is 0 Å². The number of hydrogen-bond acceptors (Lipinski definition) is 3. The molecule has 1 aliphatic rings. The fourth-order valence-corrected chi connectivity index (χ4v) is 3.26. The average molecular weight is 353 g/mol. The van der Waals surface area contributed by atoms with Crippen LogP contribution in [0.2, 0.25) is 0 Å². The lowest BCUT2D eigenvalue weighted by Gasteiger charge is -2.16. The van der Waals surface area contributed by atoms with Crippen LogP contribution in [0, 0.1) is 0 Å². The second-order valence-electron chi connectivity index (χ2n) is 5.26. The van der Waals surface area contributed by atoms with Crippen molar-refractivity contribution in [3.63, 3.8) is 0 Å². The third-order valence-electron chi connectivity index (χ3n) is 3.65. The minimum Gasteiger partial charge on any atom is -0.377 e. The van der Waals surface area contributed by atoms with Gasteiger partial charge in [-0.15, -0.1) is 0 Å². The Morgan fingerprint density at radius 3 is 3.20 bits per heavy atom. The van der Waals surface area contributed by atoms with Gasteiger partial charge in [0.2, 0.25) is 0 Å². The van der Waals surface area contributed by atoms with Gasteiger partial charge in [0.05, 0.1) is 10.5 Å². The number of rotatable bonds is 3. The van der Waals surface area contributed by atoms with Crippen molar-refractivity contribution < 1.29 is 0 Å². The Kier molecular flexibility index (Phi) is 4.31. The molecule has 1 atom stereocenters. The highest BCUT2D eigenvalue weighted by Crippen LogP contribution is 2.17. The number of aromatic amines is 1. The Morgan fingerprint density at radius 2 is 2.30 bits per heavy atom. The SMILES string of the molecule is S=C1CCCC[C@H](CCc2nc3ncc(Br)cc3[nH]2)N1. The number of nitrogens with zero attached hydrogens (tertiary/aromatic N) is 2.